The van der Waals surface area contributed by atoms with Gasteiger partial charge in [-0.1, -0.05) is 12.1 Å². The molecule has 0 aliphatic heterocycles. The van der Waals surface area contributed by atoms with Crippen LogP contribution in [0.25, 0.3) is 0 Å². The Morgan fingerprint density at radius 3 is 2.42 bits per heavy atom. The zero-order valence-corrected chi connectivity index (χ0v) is 14.1. The summed E-state index contributed by atoms with van der Waals surface area (Å²) in [6, 6.07) is 11.4. The van der Waals surface area contributed by atoms with Gasteiger partial charge in [0.05, 0.1) is 17.5 Å². The van der Waals surface area contributed by atoms with Gasteiger partial charge in [-0.15, -0.1) is 24.8 Å². The number of hydrogen-bond acceptors (Lipinski definition) is 4. The number of nitrogens with one attached hydrogen (secondary N) is 2. The van der Waals surface area contributed by atoms with Gasteiger partial charge in [-0.2, -0.15) is 0 Å². The Hall–Kier alpha value is -2.45. The number of carbonyl (C=O) groups excluding carboxylic acids is 1. The van der Waals surface area contributed by atoms with E-state index in [1.54, 1.807) is 24.3 Å². The predicted molar refractivity (Wildman–Crippen MR) is 92.7 cm³/mol. The van der Waals surface area contributed by atoms with Crippen molar-refractivity contribution in [2.24, 2.45) is 0 Å². The van der Waals surface area contributed by atoms with Gasteiger partial charge in [0.25, 0.3) is 5.91 Å². The van der Waals surface area contributed by atoms with Gasteiger partial charge in [-0.05, 0) is 36.4 Å². The fourth-order valence-electron chi connectivity index (χ4n) is 2.06. The molecule has 0 saturated carbocycles. The van der Waals surface area contributed by atoms with Crippen molar-refractivity contribution in [3.8, 4) is 5.75 Å². The molecule has 5 nitrogen and oxygen atoms in total. The fourth-order valence-corrected chi connectivity index (χ4v) is 2.17. The highest BCUT2D eigenvalue weighted by molar-refractivity contribution is 6.18. The molecule has 0 heterocycles. The number of aliphatic hydroxyl groups is 1. The number of anilines is 2. The van der Waals surface area contributed by atoms with Gasteiger partial charge in [0.1, 0.15) is 5.75 Å². The van der Waals surface area contributed by atoms with Crippen molar-refractivity contribution in [3.63, 3.8) is 0 Å². The SMILES string of the molecule is O=C(Nc1ccc(OC(F)(F)F)cc1)c1ccccc1NCC(O)CCl. The first-order valence-electron chi connectivity index (χ1n) is 7.52. The Kier molecular flexibility index (Phi) is 6.70. The van der Waals surface area contributed by atoms with E-state index in [-0.39, 0.29) is 18.2 Å². The maximum atomic E-state index is 12.4. The number of rotatable bonds is 7. The molecule has 2 rings (SSSR count). The van der Waals surface area contributed by atoms with Crippen LogP contribution in [0.2, 0.25) is 0 Å². The number of carbonyl (C=O) groups is 1. The molecule has 140 valence electrons. The van der Waals surface area contributed by atoms with E-state index in [1.807, 2.05) is 0 Å². The molecule has 2 aromatic rings. The van der Waals surface area contributed by atoms with E-state index < -0.39 is 18.4 Å². The maximum absolute atomic E-state index is 12.4. The summed E-state index contributed by atoms with van der Waals surface area (Å²) in [7, 11) is 0. The Morgan fingerprint density at radius 1 is 1.15 bits per heavy atom. The normalized spacial score (nSPS) is 12.3. The summed E-state index contributed by atoms with van der Waals surface area (Å²) in [5.74, 6) is -0.793. The molecule has 9 heteroatoms. The molecule has 0 spiro atoms. The van der Waals surface area contributed by atoms with E-state index in [4.69, 9.17) is 11.6 Å². The molecular weight excluding hydrogens is 373 g/mol. The van der Waals surface area contributed by atoms with E-state index in [0.717, 1.165) is 12.1 Å². The molecule has 2 aromatic carbocycles. The Bertz CT molecular complexity index is 739. The van der Waals surface area contributed by atoms with Crippen LogP contribution < -0.4 is 15.4 Å². The lowest BCUT2D eigenvalue weighted by atomic mass is 10.1. The van der Waals surface area contributed by atoms with Crippen molar-refractivity contribution in [2.45, 2.75) is 12.5 Å². The molecule has 0 radical (unpaired) electrons. The van der Waals surface area contributed by atoms with Crippen molar-refractivity contribution in [1.82, 2.24) is 0 Å². The second kappa shape index (κ2) is 8.77. The third-order valence-electron chi connectivity index (χ3n) is 3.22. The number of benzene rings is 2. The van der Waals surface area contributed by atoms with Crippen molar-refractivity contribution in [2.75, 3.05) is 23.1 Å². The molecule has 0 aromatic heterocycles. The Labute approximate surface area is 152 Å². The summed E-state index contributed by atoms with van der Waals surface area (Å²) in [6.45, 7) is 0.164. The van der Waals surface area contributed by atoms with Gasteiger partial charge in [0.2, 0.25) is 0 Å². The van der Waals surface area contributed by atoms with Crippen LogP contribution in [0, 0.1) is 0 Å². The summed E-state index contributed by atoms with van der Waals surface area (Å²) < 4.78 is 40.2. The van der Waals surface area contributed by atoms with Crippen molar-refractivity contribution in [1.29, 1.82) is 0 Å². The van der Waals surface area contributed by atoms with Crippen molar-refractivity contribution < 1.29 is 27.8 Å². The van der Waals surface area contributed by atoms with Crippen LogP contribution in [-0.4, -0.2) is 35.9 Å². The lowest BCUT2D eigenvalue weighted by molar-refractivity contribution is -0.274. The quantitative estimate of drug-likeness (QED) is 0.630. The molecule has 1 unspecified atom stereocenters. The average Bonchev–Trinajstić information content (AvgIpc) is 2.60. The molecule has 1 amide bonds. The number of aliphatic hydroxyl groups excluding tert-OH is 1. The number of amides is 1. The second-order valence-electron chi connectivity index (χ2n) is 5.26. The van der Waals surface area contributed by atoms with Crippen LogP contribution >= 0.6 is 11.6 Å². The number of para-hydroxylation sites is 1. The summed E-state index contributed by atoms with van der Waals surface area (Å²) >= 11 is 5.53. The summed E-state index contributed by atoms with van der Waals surface area (Å²) in [4.78, 5) is 12.4. The van der Waals surface area contributed by atoms with Crippen LogP contribution in [0.15, 0.2) is 48.5 Å². The third kappa shape index (κ3) is 6.12. The number of halogens is 4. The van der Waals surface area contributed by atoms with Gasteiger partial charge >= 0.3 is 6.36 Å². The lowest BCUT2D eigenvalue weighted by Crippen LogP contribution is -2.22. The van der Waals surface area contributed by atoms with Crippen LogP contribution in [-0.2, 0) is 0 Å². The number of hydrogen-bond donors (Lipinski definition) is 3. The van der Waals surface area contributed by atoms with E-state index in [1.165, 1.54) is 12.1 Å². The third-order valence-corrected chi connectivity index (χ3v) is 3.58. The van der Waals surface area contributed by atoms with Crippen LogP contribution in [0.4, 0.5) is 24.5 Å². The zero-order valence-electron chi connectivity index (χ0n) is 13.4. The predicted octanol–water partition coefficient (Wildman–Crippen LogP) is 3.85. The molecule has 1 atom stereocenters. The highest BCUT2D eigenvalue weighted by Gasteiger charge is 2.31. The summed E-state index contributed by atoms with van der Waals surface area (Å²) in [5, 5.41) is 15.0. The number of alkyl halides is 4. The molecule has 3 N–H and O–H groups in total. The fraction of sp³-hybridized carbons (Fsp3) is 0.235. The number of ether oxygens (including phenoxy) is 1. The van der Waals surface area contributed by atoms with E-state index in [0.29, 0.717) is 16.9 Å². The first-order chi connectivity index (χ1) is 12.3. The van der Waals surface area contributed by atoms with E-state index in [9.17, 15) is 23.1 Å². The molecule has 0 fully saturated rings. The minimum absolute atomic E-state index is 0.0493. The molecular formula is C17H16ClF3N2O3. The Balaban J connectivity index is 2.05. The monoisotopic (exact) mass is 388 g/mol. The van der Waals surface area contributed by atoms with Gasteiger partial charge in [0.15, 0.2) is 0 Å². The van der Waals surface area contributed by atoms with E-state index in [2.05, 4.69) is 15.4 Å². The molecule has 0 aliphatic carbocycles. The highest BCUT2D eigenvalue weighted by Crippen LogP contribution is 2.24. The van der Waals surface area contributed by atoms with Crippen LogP contribution in [0.3, 0.4) is 0 Å². The zero-order chi connectivity index (χ0) is 19.2. The van der Waals surface area contributed by atoms with Crippen molar-refractivity contribution in [3.05, 3.63) is 54.1 Å². The first kappa shape index (κ1) is 19.9. The second-order valence-corrected chi connectivity index (χ2v) is 5.57. The van der Waals surface area contributed by atoms with Gasteiger partial charge < -0.3 is 20.5 Å². The topological polar surface area (TPSA) is 70.6 Å². The maximum Gasteiger partial charge on any atom is 0.573 e. The van der Waals surface area contributed by atoms with Crippen LogP contribution in [0.5, 0.6) is 5.75 Å². The summed E-state index contributed by atoms with van der Waals surface area (Å²) in [6.07, 6.45) is -5.54. The molecule has 0 aliphatic rings. The van der Waals surface area contributed by atoms with Gasteiger partial charge in [-0.3, -0.25) is 4.79 Å². The smallest absolute Gasteiger partial charge is 0.406 e. The van der Waals surface area contributed by atoms with Gasteiger partial charge in [-0.25, -0.2) is 0 Å². The highest BCUT2D eigenvalue weighted by atomic mass is 35.5. The lowest BCUT2D eigenvalue weighted by Gasteiger charge is -2.14. The average molecular weight is 389 g/mol. The largest absolute Gasteiger partial charge is 0.573 e. The summed E-state index contributed by atoms with van der Waals surface area (Å²) in [5.41, 5.74) is 1.11. The Morgan fingerprint density at radius 2 is 1.81 bits per heavy atom. The first-order valence-corrected chi connectivity index (χ1v) is 8.06. The van der Waals surface area contributed by atoms with E-state index >= 15 is 0 Å². The molecule has 0 saturated heterocycles. The molecule has 26 heavy (non-hydrogen) atoms. The minimum atomic E-state index is -4.77. The van der Waals surface area contributed by atoms with Crippen LogP contribution in [0.1, 0.15) is 10.4 Å². The molecule has 0 bridgehead atoms. The minimum Gasteiger partial charge on any atom is -0.406 e. The van der Waals surface area contributed by atoms with Crippen molar-refractivity contribution >= 4 is 28.9 Å². The van der Waals surface area contributed by atoms with Gasteiger partial charge in [0, 0.05) is 17.9 Å². The standard InChI is InChI=1S/C17H16ClF3N2O3/c18-9-12(24)10-22-15-4-2-1-3-14(15)16(25)23-11-5-7-13(8-6-11)26-17(19,20)21/h1-8,12,22,24H,9-10H2,(H,23,25).